The van der Waals surface area contributed by atoms with Crippen molar-refractivity contribution in [2.24, 2.45) is 5.92 Å². The summed E-state index contributed by atoms with van der Waals surface area (Å²) in [6, 6.07) is 7.33. The number of ether oxygens (including phenoxy) is 3. The smallest absolute Gasteiger partial charge is 0.271 e. The molecule has 1 aliphatic rings. The van der Waals surface area contributed by atoms with Gasteiger partial charge in [-0.1, -0.05) is 19.9 Å². The normalized spacial score (nSPS) is 15.6. The van der Waals surface area contributed by atoms with Crippen LogP contribution in [0.4, 0.5) is 0 Å². The maximum atomic E-state index is 13.0. The van der Waals surface area contributed by atoms with E-state index in [0.29, 0.717) is 53.8 Å². The third-order valence-corrected chi connectivity index (χ3v) is 5.01. The van der Waals surface area contributed by atoms with Crippen molar-refractivity contribution in [1.82, 2.24) is 4.90 Å². The zero-order valence-electron chi connectivity index (χ0n) is 18.9. The fourth-order valence-corrected chi connectivity index (χ4v) is 3.16. The topological polar surface area (TPSA) is 88.9 Å². The van der Waals surface area contributed by atoms with Crippen molar-refractivity contribution in [2.45, 2.75) is 33.6 Å². The standard InChI is InChI=1S/C24H30N2O5/c1-16(2)9-12-31-21-8-7-18(14-22(21)30-5)13-19-17(3)20(15-25)24(28)26(23(19)27)10-6-11-29-4/h7-8,13-14,16H,6,9-12H2,1-5H3/b19-13+. The Labute approximate surface area is 183 Å². The second-order valence-electron chi connectivity index (χ2n) is 7.72. The highest BCUT2D eigenvalue weighted by Gasteiger charge is 2.35. The predicted octanol–water partition coefficient (Wildman–Crippen LogP) is 3.75. The minimum Gasteiger partial charge on any atom is -0.493 e. The molecule has 2 amide bonds. The second-order valence-corrected chi connectivity index (χ2v) is 7.72. The van der Waals surface area contributed by atoms with Crippen LogP contribution in [0.15, 0.2) is 34.9 Å². The molecule has 0 bridgehead atoms. The van der Waals surface area contributed by atoms with Gasteiger partial charge in [0.05, 0.1) is 13.7 Å². The molecule has 1 aliphatic heterocycles. The summed E-state index contributed by atoms with van der Waals surface area (Å²) in [5.74, 6) is 0.725. The van der Waals surface area contributed by atoms with Crippen molar-refractivity contribution in [2.75, 3.05) is 34.0 Å². The van der Waals surface area contributed by atoms with Crippen molar-refractivity contribution in [1.29, 1.82) is 5.26 Å². The number of benzene rings is 1. The Balaban J connectivity index is 2.37. The largest absolute Gasteiger partial charge is 0.493 e. The van der Waals surface area contributed by atoms with E-state index >= 15 is 0 Å². The lowest BCUT2D eigenvalue weighted by atomic mass is 9.93. The van der Waals surface area contributed by atoms with E-state index in [1.807, 2.05) is 12.1 Å². The number of carbonyl (C=O) groups excluding carboxylic acids is 2. The van der Waals surface area contributed by atoms with E-state index in [-0.39, 0.29) is 12.1 Å². The molecule has 7 nitrogen and oxygen atoms in total. The number of nitriles is 1. The average Bonchev–Trinajstić information content (AvgIpc) is 2.74. The molecule has 7 heteroatoms. The summed E-state index contributed by atoms with van der Waals surface area (Å²) in [6.45, 7) is 7.06. The van der Waals surface area contributed by atoms with Gasteiger partial charge in [-0.3, -0.25) is 14.5 Å². The minimum absolute atomic E-state index is 0.0242. The van der Waals surface area contributed by atoms with Crippen LogP contribution in [-0.4, -0.2) is 50.7 Å². The first-order valence-electron chi connectivity index (χ1n) is 10.3. The number of nitrogens with zero attached hydrogens (tertiary/aromatic N) is 2. The van der Waals surface area contributed by atoms with Gasteiger partial charge in [-0.25, -0.2) is 0 Å². The number of hydrogen-bond donors (Lipinski definition) is 0. The predicted molar refractivity (Wildman–Crippen MR) is 117 cm³/mol. The molecule has 0 saturated carbocycles. The maximum absolute atomic E-state index is 13.0. The Morgan fingerprint density at radius 1 is 1.13 bits per heavy atom. The van der Waals surface area contributed by atoms with Crippen LogP contribution in [0.25, 0.3) is 6.08 Å². The molecule has 0 aromatic heterocycles. The molecule has 0 unspecified atom stereocenters. The molecule has 0 fully saturated rings. The van der Waals surface area contributed by atoms with Crippen molar-refractivity contribution >= 4 is 17.9 Å². The van der Waals surface area contributed by atoms with Gasteiger partial charge in [-0.05, 0) is 55.0 Å². The van der Waals surface area contributed by atoms with Crippen molar-refractivity contribution in [3.63, 3.8) is 0 Å². The van der Waals surface area contributed by atoms with E-state index < -0.39 is 11.8 Å². The van der Waals surface area contributed by atoms with Crippen molar-refractivity contribution < 1.29 is 23.8 Å². The Hall–Kier alpha value is -3.11. The summed E-state index contributed by atoms with van der Waals surface area (Å²) in [7, 11) is 3.11. The van der Waals surface area contributed by atoms with E-state index in [1.54, 1.807) is 39.4 Å². The summed E-state index contributed by atoms with van der Waals surface area (Å²) in [4.78, 5) is 26.7. The molecule has 0 spiro atoms. The van der Waals surface area contributed by atoms with E-state index in [9.17, 15) is 14.9 Å². The number of rotatable bonds is 10. The van der Waals surface area contributed by atoms with E-state index in [2.05, 4.69) is 13.8 Å². The minimum atomic E-state index is -0.565. The van der Waals surface area contributed by atoms with Gasteiger partial charge in [0.25, 0.3) is 11.8 Å². The number of amides is 2. The van der Waals surface area contributed by atoms with Gasteiger partial charge in [0, 0.05) is 25.8 Å². The Kier molecular flexibility index (Phi) is 8.83. The summed E-state index contributed by atoms with van der Waals surface area (Å²) < 4.78 is 16.3. The zero-order chi connectivity index (χ0) is 23.0. The van der Waals surface area contributed by atoms with Crippen LogP contribution >= 0.6 is 0 Å². The molecule has 1 aromatic carbocycles. The second kappa shape index (κ2) is 11.3. The molecule has 1 aromatic rings. The van der Waals surface area contributed by atoms with Crippen LogP contribution < -0.4 is 9.47 Å². The third kappa shape index (κ3) is 5.96. The highest BCUT2D eigenvalue weighted by molar-refractivity contribution is 6.19. The summed E-state index contributed by atoms with van der Waals surface area (Å²) in [6.07, 6.45) is 3.09. The van der Waals surface area contributed by atoms with E-state index in [1.165, 1.54) is 0 Å². The summed E-state index contributed by atoms with van der Waals surface area (Å²) >= 11 is 0. The lowest BCUT2D eigenvalue weighted by molar-refractivity contribution is -0.140. The number of hydrogen-bond acceptors (Lipinski definition) is 6. The molecule has 0 aliphatic carbocycles. The molecule has 0 radical (unpaired) electrons. The highest BCUT2D eigenvalue weighted by atomic mass is 16.5. The molecule has 2 rings (SSSR count). The van der Waals surface area contributed by atoms with Crippen LogP contribution in [-0.2, 0) is 14.3 Å². The summed E-state index contributed by atoms with van der Waals surface area (Å²) in [5.41, 5.74) is 1.36. The molecule has 166 valence electrons. The quantitative estimate of drug-likeness (QED) is 0.322. The van der Waals surface area contributed by atoms with Crippen LogP contribution in [0.5, 0.6) is 11.5 Å². The van der Waals surface area contributed by atoms with Gasteiger partial charge in [0.1, 0.15) is 11.6 Å². The third-order valence-electron chi connectivity index (χ3n) is 5.01. The number of methoxy groups -OCH3 is 2. The lowest BCUT2D eigenvalue weighted by Crippen LogP contribution is -2.43. The monoisotopic (exact) mass is 426 g/mol. The molecule has 0 N–H and O–H groups in total. The molecular weight excluding hydrogens is 396 g/mol. The van der Waals surface area contributed by atoms with Crippen molar-refractivity contribution in [3.8, 4) is 17.6 Å². The van der Waals surface area contributed by atoms with Gasteiger partial charge in [-0.15, -0.1) is 0 Å². The van der Waals surface area contributed by atoms with Crippen LogP contribution in [0.3, 0.4) is 0 Å². The number of imide groups is 1. The van der Waals surface area contributed by atoms with Gasteiger partial charge >= 0.3 is 0 Å². The SMILES string of the molecule is COCCCN1C(=O)C(C#N)=C(C)/C(=C\c2ccc(OCCC(C)C)c(OC)c2)C1=O. The average molecular weight is 427 g/mol. The Bertz CT molecular complexity index is 924. The molecular formula is C24H30N2O5. The molecule has 0 saturated heterocycles. The first kappa shape index (κ1) is 24.2. The van der Waals surface area contributed by atoms with Gasteiger partial charge in [-0.2, -0.15) is 5.26 Å². The highest BCUT2D eigenvalue weighted by Crippen LogP contribution is 2.32. The van der Waals surface area contributed by atoms with E-state index in [4.69, 9.17) is 14.2 Å². The van der Waals surface area contributed by atoms with Gasteiger partial charge < -0.3 is 14.2 Å². The van der Waals surface area contributed by atoms with Crippen LogP contribution in [0, 0.1) is 17.2 Å². The first-order chi connectivity index (χ1) is 14.8. The van der Waals surface area contributed by atoms with Crippen LogP contribution in [0.1, 0.15) is 39.2 Å². The lowest BCUT2D eigenvalue weighted by Gasteiger charge is -2.27. The summed E-state index contributed by atoms with van der Waals surface area (Å²) in [5, 5.41) is 9.48. The van der Waals surface area contributed by atoms with E-state index in [0.717, 1.165) is 11.3 Å². The molecule has 0 atom stereocenters. The fourth-order valence-electron chi connectivity index (χ4n) is 3.16. The fraction of sp³-hybridized carbons (Fsp3) is 0.458. The first-order valence-corrected chi connectivity index (χ1v) is 10.3. The Morgan fingerprint density at radius 3 is 2.48 bits per heavy atom. The molecule has 1 heterocycles. The maximum Gasteiger partial charge on any atom is 0.271 e. The van der Waals surface area contributed by atoms with Crippen LogP contribution in [0.2, 0.25) is 0 Å². The Morgan fingerprint density at radius 2 is 1.87 bits per heavy atom. The molecule has 31 heavy (non-hydrogen) atoms. The van der Waals surface area contributed by atoms with Crippen molar-refractivity contribution in [3.05, 3.63) is 40.5 Å². The van der Waals surface area contributed by atoms with Gasteiger partial charge in [0.15, 0.2) is 11.5 Å². The zero-order valence-corrected chi connectivity index (χ0v) is 18.9. The number of carbonyl (C=O) groups is 2. The van der Waals surface area contributed by atoms with Gasteiger partial charge in [0.2, 0.25) is 0 Å².